The average Bonchev–Trinajstić information content (AvgIpc) is 2.71. The third kappa shape index (κ3) is 3.27. The molecule has 6 heteroatoms. The van der Waals surface area contributed by atoms with E-state index in [2.05, 4.69) is 16.8 Å². The summed E-state index contributed by atoms with van der Waals surface area (Å²) in [4.78, 5) is 16.1. The second-order valence-electron chi connectivity index (χ2n) is 4.73. The van der Waals surface area contributed by atoms with Crippen LogP contribution in [0.25, 0.3) is 0 Å². The fraction of sp³-hybridized carbons (Fsp3) is 0.615. The molecule has 0 aromatic carbocycles. The van der Waals surface area contributed by atoms with Crippen LogP contribution in [0.3, 0.4) is 0 Å². The molecule has 2 aliphatic heterocycles. The first-order valence-corrected chi connectivity index (χ1v) is 8.46. The number of aryl methyl sites for hydroxylation is 1. The van der Waals surface area contributed by atoms with Gasteiger partial charge in [0.2, 0.25) is 5.91 Å². The Kier molecular flexibility index (Phi) is 5.57. The van der Waals surface area contributed by atoms with Crippen molar-refractivity contribution in [2.45, 2.75) is 18.1 Å². The van der Waals surface area contributed by atoms with Crippen LogP contribution in [-0.4, -0.2) is 42.7 Å². The summed E-state index contributed by atoms with van der Waals surface area (Å²) in [6, 6.07) is 2.14. The molecule has 0 saturated carbocycles. The number of hydrogen-bond donors (Lipinski definition) is 1. The van der Waals surface area contributed by atoms with Crippen LogP contribution < -0.4 is 5.32 Å². The molecule has 0 bridgehead atoms. The van der Waals surface area contributed by atoms with Gasteiger partial charge in [0.1, 0.15) is 5.25 Å². The monoisotopic (exact) mass is 318 g/mol. The van der Waals surface area contributed by atoms with E-state index in [0.29, 0.717) is 5.91 Å². The SMILES string of the molecule is Cl.O=C(C1SCCc2sccc21)N1CCCNCC1. The van der Waals surface area contributed by atoms with Crippen molar-refractivity contribution in [3.8, 4) is 0 Å². The molecule has 0 aliphatic carbocycles. The maximum Gasteiger partial charge on any atom is 0.240 e. The molecule has 3 rings (SSSR count). The van der Waals surface area contributed by atoms with Crippen LogP contribution in [-0.2, 0) is 11.2 Å². The number of halogens is 1. The zero-order valence-corrected chi connectivity index (χ0v) is 13.2. The van der Waals surface area contributed by atoms with Crippen molar-refractivity contribution in [3.63, 3.8) is 0 Å². The first-order chi connectivity index (χ1) is 8.86. The van der Waals surface area contributed by atoms with E-state index >= 15 is 0 Å². The molecule has 1 fully saturated rings. The highest BCUT2D eigenvalue weighted by molar-refractivity contribution is 8.00. The second-order valence-corrected chi connectivity index (χ2v) is 6.94. The Labute approximate surface area is 128 Å². The van der Waals surface area contributed by atoms with E-state index in [4.69, 9.17) is 0 Å². The lowest BCUT2D eigenvalue weighted by Gasteiger charge is -2.28. The van der Waals surface area contributed by atoms with Gasteiger partial charge in [-0.25, -0.2) is 0 Å². The van der Waals surface area contributed by atoms with E-state index in [1.165, 1.54) is 10.4 Å². The minimum absolute atomic E-state index is 0. The van der Waals surface area contributed by atoms with Gasteiger partial charge in [-0.3, -0.25) is 4.79 Å². The van der Waals surface area contributed by atoms with Crippen molar-refractivity contribution in [2.75, 3.05) is 31.9 Å². The Bertz CT molecular complexity index is 430. The topological polar surface area (TPSA) is 32.3 Å². The van der Waals surface area contributed by atoms with Crippen LogP contribution in [0.5, 0.6) is 0 Å². The Morgan fingerprint density at radius 1 is 1.37 bits per heavy atom. The van der Waals surface area contributed by atoms with E-state index < -0.39 is 0 Å². The minimum Gasteiger partial charge on any atom is -0.340 e. The summed E-state index contributed by atoms with van der Waals surface area (Å²) >= 11 is 3.62. The highest BCUT2D eigenvalue weighted by Gasteiger charge is 2.31. The summed E-state index contributed by atoms with van der Waals surface area (Å²) in [7, 11) is 0. The fourth-order valence-electron chi connectivity index (χ4n) is 2.58. The van der Waals surface area contributed by atoms with Crippen molar-refractivity contribution in [2.24, 2.45) is 0 Å². The summed E-state index contributed by atoms with van der Waals surface area (Å²) in [6.45, 7) is 3.72. The van der Waals surface area contributed by atoms with Crippen LogP contribution >= 0.6 is 35.5 Å². The molecule has 1 aromatic heterocycles. The molecular weight excluding hydrogens is 300 g/mol. The van der Waals surface area contributed by atoms with E-state index in [-0.39, 0.29) is 17.7 Å². The zero-order valence-electron chi connectivity index (χ0n) is 10.8. The van der Waals surface area contributed by atoms with Crippen molar-refractivity contribution in [1.82, 2.24) is 10.2 Å². The molecule has 2 aliphatic rings. The van der Waals surface area contributed by atoms with Crippen LogP contribution in [0, 0.1) is 0 Å². The number of hydrogen-bond acceptors (Lipinski definition) is 4. The minimum atomic E-state index is 0. The first kappa shape index (κ1) is 15.2. The number of nitrogens with one attached hydrogen (secondary N) is 1. The number of carbonyl (C=O) groups excluding carboxylic acids is 1. The van der Waals surface area contributed by atoms with Gasteiger partial charge >= 0.3 is 0 Å². The molecular formula is C13H19ClN2OS2. The molecule has 0 spiro atoms. The molecule has 1 saturated heterocycles. The van der Waals surface area contributed by atoms with E-state index in [1.54, 1.807) is 11.3 Å². The number of thiophene rings is 1. The smallest absolute Gasteiger partial charge is 0.240 e. The molecule has 1 unspecified atom stereocenters. The summed E-state index contributed by atoms with van der Waals surface area (Å²) in [5.41, 5.74) is 1.28. The largest absolute Gasteiger partial charge is 0.340 e. The zero-order chi connectivity index (χ0) is 12.4. The van der Waals surface area contributed by atoms with Crippen LogP contribution in [0.15, 0.2) is 11.4 Å². The average molecular weight is 319 g/mol. The van der Waals surface area contributed by atoms with Crippen molar-refractivity contribution < 1.29 is 4.79 Å². The van der Waals surface area contributed by atoms with Gasteiger partial charge in [-0.1, -0.05) is 0 Å². The third-order valence-corrected chi connectivity index (χ3v) is 5.78. The molecule has 1 atom stereocenters. The lowest BCUT2D eigenvalue weighted by Crippen LogP contribution is -2.37. The van der Waals surface area contributed by atoms with Gasteiger partial charge in [0.05, 0.1) is 0 Å². The summed E-state index contributed by atoms with van der Waals surface area (Å²) < 4.78 is 0. The lowest BCUT2D eigenvalue weighted by atomic mass is 10.1. The number of fused-ring (bicyclic) bond motifs is 1. The number of rotatable bonds is 1. The second kappa shape index (κ2) is 6.97. The van der Waals surface area contributed by atoms with Gasteiger partial charge in [-0.05, 0) is 42.1 Å². The van der Waals surface area contributed by atoms with Gasteiger partial charge < -0.3 is 10.2 Å². The predicted molar refractivity (Wildman–Crippen MR) is 84.5 cm³/mol. The Balaban J connectivity index is 0.00000133. The van der Waals surface area contributed by atoms with Gasteiger partial charge in [-0.15, -0.1) is 35.5 Å². The van der Waals surface area contributed by atoms with Crippen LogP contribution in [0.1, 0.15) is 22.1 Å². The normalized spacial score (nSPS) is 23.2. The maximum atomic E-state index is 12.6. The van der Waals surface area contributed by atoms with Gasteiger partial charge in [0, 0.05) is 24.5 Å². The number of nitrogens with zero attached hydrogens (tertiary/aromatic N) is 1. The molecule has 1 amide bonds. The standard InChI is InChI=1S/C13H18N2OS2.ClH/c16-13(15-6-1-4-14-5-7-15)12-10-2-8-17-11(10)3-9-18-12;/h2,8,12,14H,1,3-7,9H2;1H. The van der Waals surface area contributed by atoms with Crippen LogP contribution in [0.4, 0.5) is 0 Å². The van der Waals surface area contributed by atoms with Gasteiger partial charge in [-0.2, -0.15) is 0 Å². The quantitative estimate of drug-likeness (QED) is 0.862. The molecule has 19 heavy (non-hydrogen) atoms. The van der Waals surface area contributed by atoms with E-state index in [9.17, 15) is 4.79 Å². The number of amides is 1. The summed E-state index contributed by atoms with van der Waals surface area (Å²) in [5, 5.41) is 5.53. The highest BCUT2D eigenvalue weighted by atomic mass is 35.5. The summed E-state index contributed by atoms with van der Waals surface area (Å²) in [6.07, 6.45) is 2.20. The maximum absolute atomic E-state index is 12.6. The molecule has 1 aromatic rings. The lowest BCUT2D eigenvalue weighted by molar-refractivity contribution is -0.130. The Hall–Kier alpha value is -0.230. The van der Waals surface area contributed by atoms with E-state index in [1.807, 2.05) is 16.7 Å². The van der Waals surface area contributed by atoms with E-state index in [0.717, 1.165) is 44.8 Å². The fourth-order valence-corrected chi connectivity index (χ4v) is 4.96. The Morgan fingerprint density at radius 2 is 2.26 bits per heavy atom. The molecule has 1 N–H and O–H groups in total. The number of carbonyl (C=O) groups is 1. The van der Waals surface area contributed by atoms with Gasteiger partial charge in [0.15, 0.2) is 0 Å². The van der Waals surface area contributed by atoms with Crippen molar-refractivity contribution in [1.29, 1.82) is 0 Å². The molecule has 0 radical (unpaired) electrons. The van der Waals surface area contributed by atoms with Gasteiger partial charge in [0.25, 0.3) is 0 Å². The summed E-state index contributed by atoms with van der Waals surface area (Å²) in [5.74, 6) is 1.40. The van der Waals surface area contributed by atoms with Crippen LogP contribution in [0.2, 0.25) is 0 Å². The Morgan fingerprint density at radius 3 is 3.16 bits per heavy atom. The molecule has 106 valence electrons. The molecule has 3 heterocycles. The third-order valence-electron chi connectivity index (χ3n) is 3.55. The van der Waals surface area contributed by atoms with Crippen molar-refractivity contribution in [3.05, 3.63) is 21.9 Å². The molecule has 3 nitrogen and oxygen atoms in total. The predicted octanol–water partition coefficient (Wildman–Crippen LogP) is 2.32. The first-order valence-electron chi connectivity index (χ1n) is 6.53. The highest BCUT2D eigenvalue weighted by Crippen LogP contribution is 2.40. The number of thioether (sulfide) groups is 1. The van der Waals surface area contributed by atoms with Crippen molar-refractivity contribution >= 4 is 41.4 Å².